The lowest BCUT2D eigenvalue weighted by Crippen LogP contribution is -2.32. The Labute approximate surface area is 153 Å². The van der Waals surface area contributed by atoms with Crippen molar-refractivity contribution in [2.75, 3.05) is 20.3 Å². The van der Waals surface area contributed by atoms with Gasteiger partial charge < -0.3 is 9.64 Å². The van der Waals surface area contributed by atoms with Crippen LogP contribution in [-0.4, -0.2) is 41.0 Å². The second-order valence-corrected chi connectivity index (χ2v) is 5.86. The number of hydrogen-bond donors (Lipinski definition) is 0. The van der Waals surface area contributed by atoms with Crippen molar-refractivity contribution < 1.29 is 9.53 Å². The maximum Gasteiger partial charge on any atom is 0.247 e. The standard InChI is InChI=1S/C21H21N3O2/c1-26-14-13-24(16-17-7-3-2-4-8-17)21(25)12-11-18-15-22-19-9-5-6-10-20(19)23-18/h2-12,15H,13-14,16H2,1H3/b12-11+. The lowest BCUT2D eigenvalue weighted by atomic mass is 10.2. The zero-order valence-electron chi connectivity index (χ0n) is 14.7. The van der Waals surface area contributed by atoms with E-state index in [1.54, 1.807) is 24.3 Å². The number of amides is 1. The fraction of sp³-hybridized carbons (Fsp3) is 0.190. The highest BCUT2D eigenvalue weighted by molar-refractivity contribution is 5.91. The third-order valence-corrected chi connectivity index (χ3v) is 3.96. The molecule has 1 aromatic heterocycles. The van der Waals surface area contributed by atoms with Gasteiger partial charge in [0.1, 0.15) is 0 Å². The molecule has 0 radical (unpaired) electrons. The molecule has 0 aliphatic heterocycles. The monoisotopic (exact) mass is 347 g/mol. The van der Waals surface area contributed by atoms with Crippen LogP contribution >= 0.6 is 0 Å². The number of benzene rings is 2. The minimum absolute atomic E-state index is 0.0825. The number of fused-ring (bicyclic) bond motifs is 1. The summed E-state index contributed by atoms with van der Waals surface area (Å²) in [6.45, 7) is 1.55. The number of aromatic nitrogens is 2. The average molecular weight is 347 g/mol. The Bertz CT molecular complexity index is 894. The van der Waals surface area contributed by atoms with Crippen molar-refractivity contribution in [2.24, 2.45) is 0 Å². The van der Waals surface area contributed by atoms with Crippen LogP contribution in [0.25, 0.3) is 17.1 Å². The maximum absolute atomic E-state index is 12.6. The number of ether oxygens (including phenoxy) is 1. The third-order valence-electron chi connectivity index (χ3n) is 3.96. The summed E-state index contributed by atoms with van der Waals surface area (Å²) >= 11 is 0. The van der Waals surface area contributed by atoms with Crippen molar-refractivity contribution in [1.29, 1.82) is 0 Å². The molecule has 0 N–H and O–H groups in total. The van der Waals surface area contributed by atoms with Crippen LogP contribution < -0.4 is 0 Å². The minimum atomic E-state index is -0.0825. The van der Waals surface area contributed by atoms with Gasteiger partial charge in [-0.1, -0.05) is 42.5 Å². The van der Waals surface area contributed by atoms with Crippen molar-refractivity contribution in [3.8, 4) is 0 Å². The Hall–Kier alpha value is -3.05. The Morgan fingerprint density at radius 1 is 1.08 bits per heavy atom. The maximum atomic E-state index is 12.6. The van der Waals surface area contributed by atoms with Gasteiger partial charge in [0.15, 0.2) is 0 Å². The van der Waals surface area contributed by atoms with Gasteiger partial charge >= 0.3 is 0 Å². The Morgan fingerprint density at radius 2 is 1.81 bits per heavy atom. The van der Waals surface area contributed by atoms with E-state index in [1.165, 1.54) is 6.08 Å². The van der Waals surface area contributed by atoms with Crippen molar-refractivity contribution in [1.82, 2.24) is 14.9 Å². The summed E-state index contributed by atoms with van der Waals surface area (Å²) in [6.07, 6.45) is 4.91. The molecule has 0 bridgehead atoms. The first-order chi connectivity index (χ1) is 12.8. The molecular weight excluding hydrogens is 326 g/mol. The highest BCUT2D eigenvalue weighted by atomic mass is 16.5. The molecule has 1 amide bonds. The van der Waals surface area contributed by atoms with Gasteiger partial charge in [-0.25, -0.2) is 4.98 Å². The predicted molar refractivity (Wildman–Crippen MR) is 102 cm³/mol. The molecule has 0 aliphatic carbocycles. The normalized spacial score (nSPS) is 11.1. The van der Waals surface area contributed by atoms with E-state index in [9.17, 15) is 4.79 Å². The summed E-state index contributed by atoms with van der Waals surface area (Å²) < 4.78 is 5.13. The van der Waals surface area contributed by atoms with Gasteiger partial charge in [0.2, 0.25) is 5.91 Å². The zero-order chi connectivity index (χ0) is 18.2. The van der Waals surface area contributed by atoms with Crippen LogP contribution in [-0.2, 0) is 16.1 Å². The third kappa shape index (κ3) is 4.74. The first-order valence-electron chi connectivity index (χ1n) is 8.48. The van der Waals surface area contributed by atoms with E-state index in [4.69, 9.17) is 4.74 Å². The van der Waals surface area contributed by atoms with Gasteiger partial charge in [-0.3, -0.25) is 9.78 Å². The van der Waals surface area contributed by atoms with Crippen molar-refractivity contribution in [3.63, 3.8) is 0 Å². The number of nitrogens with zero attached hydrogens (tertiary/aromatic N) is 3. The fourth-order valence-corrected chi connectivity index (χ4v) is 2.59. The summed E-state index contributed by atoms with van der Waals surface area (Å²) in [6, 6.07) is 17.6. The van der Waals surface area contributed by atoms with Crippen LogP contribution in [0, 0.1) is 0 Å². The number of rotatable bonds is 7. The predicted octanol–water partition coefficient (Wildman–Crippen LogP) is 3.32. The number of carbonyl (C=O) groups is 1. The van der Waals surface area contributed by atoms with Crippen LogP contribution in [0.1, 0.15) is 11.3 Å². The molecule has 1 heterocycles. The van der Waals surface area contributed by atoms with Gasteiger partial charge in [-0.15, -0.1) is 0 Å². The topological polar surface area (TPSA) is 55.3 Å². The molecule has 26 heavy (non-hydrogen) atoms. The first-order valence-corrected chi connectivity index (χ1v) is 8.48. The Balaban J connectivity index is 1.73. The van der Waals surface area contributed by atoms with Crippen LogP contribution in [0.4, 0.5) is 0 Å². The zero-order valence-corrected chi connectivity index (χ0v) is 14.7. The van der Waals surface area contributed by atoms with Crippen LogP contribution in [0.3, 0.4) is 0 Å². The van der Waals surface area contributed by atoms with E-state index in [0.717, 1.165) is 16.6 Å². The summed E-state index contributed by atoms with van der Waals surface area (Å²) in [7, 11) is 1.63. The smallest absolute Gasteiger partial charge is 0.247 e. The summed E-state index contributed by atoms with van der Waals surface area (Å²) in [5, 5.41) is 0. The van der Waals surface area contributed by atoms with Gasteiger partial charge in [0.05, 0.1) is 29.5 Å². The molecule has 0 saturated heterocycles. The molecule has 0 fully saturated rings. The van der Waals surface area contributed by atoms with Gasteiger partial charge in [-0.2, -0.15) is 0 Å². The number of para-hydroxylation sites is 2. The second kappa shape index (κ2) is 8.87. The summed E-state index contributed by atoms with van der Waals surface area (Å²) in [5.41, 5.74) is 3.38. The fourth-order valence-electron chi connectivity index (χ4n) is 2.59. The molecule has 0 aliphatic rings. The molecule has 5 nitrogen and oxygen atoms in total. The summed E-state index contributed by atoms with van der Waals surface area (Å²) in [4.78, 5) is 23.3. The van der Waals surface area contributed by atoms with E-state index in [-0.39, 0.29) is 5.91 Å². The molecule has 3 rings (SSSR count). The average Bonchev–Trinajstić information content (AvgIpc) is 2.70. The van der Waals surface area contributed by atoms with Gasteiger partial charge in [0.25, 0.3) is 0 Å². The molecule has 0 atom stereocenters. The molecular formula is C21H21N3O2. The van der Waals surface area contributed by atoms with Crippen molar-refractivity contribution in [2.45, 2.75) is 6.54 Å². The van der Waals surface area contributed by atoms with Crippen molar-refractivity contribution >= 4 is 23.0 Å². The van der Waals surface area contributed by atoms with E-state index in [0.29, 0.717) is 25.4 Å². The molecule has 5 heteroatoms. The van der Waals surface area contributed by atoms with E-state index >= 15 is 0 Å². The number of hydrogen-bond acceptors (Lipinski definition) is 4. The number of methoxy groups -OCH3 is 1. The van der Waals surface area contributed by atoms with Crippen LogP contribution in [0.5, 0.6) is 0 Å². The van der Waals surface area contributed by atoms with Crippen molar-refractivity contribution in [3.05, 3.63) is 78.1 Å². The second-order valence-electron chi connectivity index (χ2n) is 5.86. The lowest BCUT2D eigenvalue weighted by molar-refractivity contribution is -0.127. The van der Waals surface area contributed by atoms with E-state index in [2.05, 4.69) is 9.97 Å². The minimum Gasteiger partial charge on any atom is -0.383 e. The SMILES string of the molecule is COCCN(Cc1ccccc1)C(=O)/C=C/c1cnc2ccccc2n1. The highest BCUT2D eigenvalue weighted by Crippen LogP contribution is 2.10. The highest BCUT2D eigenvalue weighted by Gasteiger charge is 2.11. The molecule has 0 saturated carbocycles. The molecule has 0 unspecified atom stereocenters. The largest absolute Gasteiger partial charge is 0.383 e. The molecule has 0 spiro atoms. The van der Waals surface area contributed by atoms with E-state index < -0.39 is 0 Å². The van der Waals surface area contributed by atoms with Crippen LogP contribution in [0.2, 0.25) is 0 Å². The van der Waals surface area contributed by atoms with Gasteiger partial charge in [-0.05, 0) is 23.8 Å². The number of carbonyl (C=O) groups excluding carboxylic acids is 1. The molecule has 3 aromatic rings. The van der Waals surface area contributed by atoms with Crippen LogP contribution in [0.15, 0.2) is 66.9 Å². The van der Waals surface area contributed by atoms with E-state index in [1.807, 2.05) is 54.6 Å². The first kappa shape index (κ1) is 17.8. The molecule has 2 aromatic carbocycles. The lowest BCUT2D eigenvalue weighted by Gasteiger charge is -2.21. The molecule has 132 valence electrons. The summed E-state index contributed by atoms with van der Waals surface area (Å²) in [5.74, 6) is -0.0825. The van der Waals surface area contributed by atoms with Gasteiger partial charge in [0, 0.05) is 26.3 Å². The Kier molecular flexibility index (Phi) is 6.06. The quantitative estimate of drug-likeness (QED) is 0.615. The Morgan fingerprint density at radius 3 is 2.58 bits per heavy atom.